The number of nitrogens with zero attached hydrogens (tertiary/aromatic N) is 1. The van der Waals surface area contributed by atoms with E-state index in [0.717, 1.165) is 28.2 Å². The predicted molar refractivity (Wildman–Crippen MR) is 81.3 cm³/mol. The quantitative estimate of drug-likeness (QED) is 0.855. The Labute approximate surface area is 130 Å². The summed E-state index contributed by atoms with van der Waals surface area (Å²) in [6.07, 6.45) is 0.667. The minimum Gasteiger partial charge on any atom is -0.482 e. The fourth-order valence-corrected chi connectivity index (χ4v) is 2.78. The molecular weight excluding hydrogens is 340 g/mol. The van der Waals surface area contributed by atoms with Gasteiger partial charge in [-0.05, 0) is 27.6 Å². The lowest BCUT2D eigenvalue weighted by Gasteiger charge is -2.13. The molecule has 0 amide bonds. The van der Waals surface area contributed by atoms with E-state index in [2.05, 4.69) is 32.0 Å². The van der Waals surface area contributed by atoms with Crippen molar-refractivity contribution in [2.24, 2.45) is 0 Å². The molecule has 2 aromatic rings. The van der Waals surface area contributed by atoms with Crippen molar-refractivity contribution in [3.63, 3.8) is 0 Å². The number of para-hydroxylation sites is 1. The van der Waals surface area contributed by atoms with Crippen LogP contribution in [-0.2, 0) is 17.8 Å². The second-order valence-corrected chi connectivity index (χ2v) is 5.75. The number of hydrogen-bond acceptors (Lipinski definition) is 4. The standard InChI is InChI=1S/C14H13BrN2O2S/c1-18-7-9-12(15)14(20)17-13(16-9)11-6-8-4-2-3-5-10(8)19-11/h2-5,11H,6-7H2,1H3,(H,16,17,20). The first-order valence-electron chi connectivity index (χ1n) is 6.21. The van der Waals surface area contributed by atoms with Gasteiger partial charge in [-0.1, -0.05) is 30.4 Å². The first-order chi connectivity index (χ1) is 9.69. The van der Waals surface area contributed by atoms with E-state index in [4.69, 9.17) is 21.7 Å². The zero-order chi connectivity index (χ0) is 14.1. The Morgan fingerprint density at radius 1 is 1.50 bits per heavy atom. The van der Waals surface area contributed by atoms with Crippen molar-refractivity contribution in [1.82, 2.24) is 9.97 Å². The fourth-order valence-electron chi connectivity index (χ4n) is 2.26. The van der Waals surface area contributed by atoms with Crippen LogP contribution in [0.25, 0.3) is 0 Å². The van der Waals surface area contributed by atoms with Crippen molar-refractivity contribution >= 4 is 28.1 Å². The van der Waals surface area contributed by atoms with Crippen LogP contribution < -0.4 is 4.74 Å². The van der Waals surface area contributed by atoms with Crippen molar-refractivity contribution in [3.8, 4) is 5.75 Å². The van der Waals surface area contributed by atoms with Crippen LogP contribution in [0.2, 0.25) is 0 Å². The highest BCUT2D eigenvalue weighted by molar-refractivity contribution is 9.10. The van der Waals surface area contributed by atoms with Gasteiger partial charge in [-0.2, -0.15) is 0 Å². The molecule has 1 unspecified atom stereocenters. The molecule has 1 aliphatic rings. The molecule has 104 valence electrons. The molecule has 0 saturated carbocycles. The van der Waals surface area contributed by atoms with Gasteiger partial charge in [0.05, 0.1) is 16.8 Å². The Kier molecular flexibility index (Phi) is 3.87. The third kappa shape index (κ3) is 2.51. The first-order valence-corrected chi connectivity index (χ1v) is 7.41. The number of halogens is 1. The van der Waals surface area contributed by atoms with E-state index in [9.17, 15) is 0 Å². The largest absolute Gasteiger partial charge is 0.482 e. The number of methoxy groups -OCH3 is 1. The number of benzene rings is 1. The second-order valence-electron chi connectivity index (χ2n) is 4.57. The molecule has 0 aliphatic carbocycles. The molecule has 20 heavy (non-hydrogen) atoms. The highest BCUT2D eigenvalue weighted by Gasteiger charge is 2.26. The molecule has 0 radical (unpaired) electrons. The number of aromatic nitrogens is 2. The lowest BCUT2D eigenvalue weighted by Crippen LogP contribution is -2.11. The summed E-state index contributed by atoms with van der Waals surface area (Å²) in [5.74, 6) is 1.65. The summed E-state index contributed by atoms with van der Waals surface area (Å²) in [7, 11) is 1.64. The molecule has 6 heteroatoms. The number of nitrogens with one attached hydrogen (secondary N) is 1. The Balaban J connectivity index is 1.95. The van der Waals surface area contributed by atoms with E-state index in [0.29, 0.717) is 11.2 Å². The molecule has 0 bridgehead atoms. The minimum absolute atomic E-state index is 0.127. The summed E-state index contributed by atoms with van der Waals surface area (Å²) >= 11 is 8.71. The van der Waals surface area contributed by atoms with Crippen molar-refractivity contribution < 1.29 is 9.47 Å². The highest BCUT2D eigenvalue weighted by atomic mass is 79.9. The molecule has 1 aromatic heterocycles. The summed E-state index contributed by atoms with van der Waals surface area (Å²) in [6, 6.07) is 8.02. The zero-order valence-electron chi connectivity index (χ0n) is 10.9. The maximum atomic E-state index is 5.92. The lowest BCUT2D eigenvalue weighted by atomic mass is 10.1. The third-order valence-electron chi connectivity index (χ3n) is 3.19. The summed E-state index contributed by atoms with van der Waals surface area (Å²) < 4.78 is 12.4. The Bertz CT molecular complexity index is 677. The van der Waals surface area contributed by atoms with E-state index >= 15 is 0 Å². The van der Waals surface area contributed by atoms with Crippen LogP contribution >= 0.6 is 28.1 Å². The van der Waals surface area contributed by atoms with E-state index in [1.165, 1.54) is 5.56 Å². The number of H-pyrrole nitrogens is 1. The van der Waals surface area contributed by atoms with Gasteiger partial charge in [0.1, 0.15) is 16.2 Å². The van der Waals surface area contributed by atoms with Crippen LogP contribution in [0.5, 0.6) is 5.75 Å². The van der Waals surface area contributed by atoms with E-state index in [-0.39, 0.29) is 6.10 Å². The van der Waals surface area contributed by atoms with Crippen LogP contribution in [0.15, 0.2) is 28.7 Å². The third-order valence-corrected chi connectivity index (χ3v) is 4.61. The van der Waals surface area contributed by atoms with Crippen LogP contribution in [-0.4, -0.2) is 17.1 Å². The Morgan fingerprint density at radius 3 is 3.05 bits per heavy atom. The minimum atomic E-state index is -0.127. The van der Waals surface area contributed by atoms with Crippen LogP contribution in [0.4, 0.5) is 0 Å². The first kappa shape index (κ1) is 13.7. The number of hydrogen-bond donors (Lipinski definition) is 1. The average Bonchev–Trinajstić information content (AvgIpc) is 2.87. The van der Waals surface area contributed by atoms with Crippen molar-refractivity contribution in [2.75, 3.05) is 7.11 Å². The number of rotatable bonds is 3. The summed E-state index contributed by atoms with van der Waals surface area (Å²) in [5.41, 5.74) is 2.07. The van der Waals surface area contributed by atoms with Gasteiger partial charge in [-0.15, -0.1) is 0 Å². The molecule has 1 aromatic carbocycles. The molecule has 3 rings (SSSR count). The monoisotopic (exact) mass is 352 g/mol. The van der Waals surface area contributed by atoms with E-state index < -0.39 is 0 Å². The molecule has 1 atom stereocenters. The number of aromatic amines is 1. The lowest BCUT2D eigenvalue weighted by molar-refractivity contribution is 0.178. The molecule has 0 fully saturated rings. The van der Waals surface area contributed by atoms with Gasteiger partial charge in [0, 0.05) is 13.5 Å². The van der Waals surface area contributed by atoms with Crippen LogP contribution in [0.3, 0.4) is 0 Å². The van der Waals surface area contributed by atoms with Crippen LogP contribution in [0, 0.1) is 4.64 Å². The van der Waals surface area contributed by atoms with Gasteiger partial charge in [0.2, 0.25) is 0 Å². The van der Waals surface area contributed by atoms with Crippen LogP contribution in [0.1, 0.15) is 23.2 Å². The van der Waals surface area contributed by atoms with E-state index in [1.807, 2.05) is 18.2 Å². The zero-order valence-corrected chi connectivity index (χ0v) is 13.3. The summed E-state index contributed by atoms with van der Waals surface area (Å²) in [5, 5.41) is 0. The topological polar surface area (TPSA) is 47.1 Å². The fraction of sp³-hybridized carbons (Fsp3) is 0.286. The molecule has 2 heterocycles. The smallest absolute Gasteiger partial charge is 0.160 e. The van der Waals surface area contributed by atoms with Crippen molar-refractivity contribution in [2.45, 2.75) is 19.1 Å². The van der Waals surface area contributed by atoms with Gasteiger partial charge in [-0.3, -0.25) is 0 Å². The molecule has 0 spiro atoms. The predicted octanol–water partition coefficient (Wildman–Crippen LogP) is 3.72. The van der Waals surface area contributed by atoms with Crippen molar-refractivity contribution in [1.29, 1.82) is 0 Å². The van der Waals surface area contributed by atoms with E-state index in [1.54, 1.807) is 7.11 Å². The number of fused-ring (bicyclic) bond motifs is 1. The van der Waals surface area contributed by atoms with Gasteiger partial charge in [0.25, 0.3) is 0 Å². The summed E-state index contributed by atoms with van der Waals surface area (Å²) in [6.45, 7) is 0.444. The molecule has 1 N–H and O–H groups in total. The average molecular weight is 353 g/mol. The summed E-state index contributed by atoms with van der Waals surface area (Å²) in [4.78, 5) is 7.67. The van der Waals surface area contributed by atoms with Gasteiger partial charge in [-0.25, -0.2) is 4.98 Å². The van der Waals surface area contributed by atoms with Gasteiger partial charge < -0.3 is 14.5 Å². The SMILES string of the molecule is COCc1[nH]c(C2Cc3ccccc3O2)nc(=S)c1Br. The molecule has 0 saturated heterocycles. The maximum Gasteiger partial charge on any atom is 0.160 e. The highest BCUT2D eigenvalue weighted by Crippen LogP contribution is 2.35. The van der Waals surface area contributed by atoms with Crippen molar-refractivity contribution in [3.05, 3.63) is 50.5 Å². The molecule has 4 nitrogen and oxygen atoms in total. The van der Waals surface area contributed by atoms with Gasteiger partial charge in [0.15, 0.2) is 6.10 Å². The maximum absolute atomic E-state index is 5.92. The number of ether oxygens (including phenoxy) is 2. The van der Waals surface area contributed by atoms with Gasteiger partial charge >= 0.3 is 0 Å². The molecular formula is C14H13BrN2O2S. The second kappa shape index (κ2) is 5.63. The molecule has 1 aliphatic heterocycles. The Morgan fingerprint density at radius 2 is 2.30 bits per heavy atom. The Hall–Kier alpha value is -1.24. The normalized spacial score (nSPS) is 16.8.